The van der Waals surface area contributed by atoms with E-state index in [9.17, 15) is 4.79 Å². The highest BCUT2D eigenvalue weighted by molar-refractivity contribution is 9.10. The van der Waals surface area contributed by atoms with Crippen LogP contribution in [0.5, 0.6) is 5.75 Å². The van der Waals surface area contributed by atoms with Crippen molar-refractivity contribution in [1.82, 2.24) is 5.32 Å². The van der Waals surface area contributed by atoms with E-state index < -0.39 is 0 Å². The van der Waals surface area contributed by atoms with Crippen molar-refractivity contribution in [3.05, 3.63) is 106 Å². The van der Waals surface area contributed by atoms with Crippen LogP contribution in [-0.4, -0.2) is 30.8 Å². The second kappa shape index (κ2) is 8.76. The van der Waals surface area contributed by atoms with Gasteiger partial charge < -0.3 is 10.1 Å². The highest BCUT2D eigenvalue weighted by Gasteiger charge is 2.45. The number of halogens is 1. The number of nitrogens with zero attached hydrogens (tertiary/aromatic N) is 2. The predicted octanol–water partition coefficient (Wildman–Crippen LogP) is 5.67. The van der Waals surface area contributed by atoms with E-state index in [-0.39, 0.29) is 17.5 Å². The topological polar surface area (TPSA) is 53.9 Å². The molecule has 5 nitrogen and oxygen atoms in total. The minimum absolute atomic E-state index is 0.0632. The molecule has 1 unspecified atom stereocenters. The van der Waals surface area contributed by atoms with Gasteiger partial charge in [0.15, 0.2) is 0 Å². The van der Waals surface area contributed by atoms with E-state index in [2.05, 4.69) is 59.4 Å². The molecule has 1 atom stereocenters. The Balaban J connectivity index is 1.74. The number of aliphatic imine (C=N–C) groups is 1. The SMILES string of the molecule is COc1ccc(N2C(=O)C3=C(C(c4ccccc4)=NCC(C)(C)N3)C2c2ccc(Br)cc2)cc1. The number of benzene rings is 3. The van der Waals surface area contributed by atoms with Crippen molar-refractivity contribution >= 4 is 33.2 Å². The van der Waals surface area contributed by atoms with E-state index in [4.69, 9.17) is 9.73 Å². The number of carbonyl (C=O) groups is 1. The van der Waals surface area contributed by atoms with E-state index in [1.165, 1.54) is 0 Å². The zero-order valence-corrected chi connectivity index (χ0v) is 21.0. The summed E-state index contributed by atoms with van der Waals surface area (Å²) in [6, 6.07) is 25.6. The third-order valence-electron chi connectivity index (χ3n) is 6.17. The number of methoxy groups -OCH3 is 1. The maximum Gasteiger partial charge on any atom is 0.275 e. The van der Waals surface area contributed by atoms with Crippen molar-refractivity contribution in [1.29, 1.82) is 0 Å². The lowest BCUT2D eigenvalue weighted by Gasteiger charge is -2.29. The zero-order chi connectivity index (χ0) is 23.9. The van der Waals surface area contributed by atoms with E-state index in [0.29, 0.717) is 12.2 Å². The predicted molar refractivity (Wildman–Crippen MR) is 139 cm³/mol. The van der Waals surface area contributed by atoms with Gasteiger partial charge in [0.1, 0.15) is 11.4 Å². The van der Waals surface area contributed by atoms with Crippen molar-refractivity contribution in [2.75, 3.05) is 18.6 Å². The highest BCUT2D eigenvalue weighted by atomic mass is 79.9. The van der Waals surface area contributed by atoms with Crippen molar-refractivity contribution < 1.29 is 9.53 Å². The molecule has 3 aromatic carbocycles. The molecule has 0 aromatic heterocycles. The monoisotopic (exact) mass is 515 g/mol. The molecule has 2 aliphatic heterocycles. The number of anilines is 1. The van der Waals surface area contributed by atoms with Crippen molar-refractivity contribution in [3.8, 4) is 5.75 Å². The number of hydrogen-bond acceptors (Lipinski definition) is 4. The Labute approximate surface area is 208 Å². The summed E-state index contributed by atoms with van der Waals surface area (Å²) in [7, 11) is 1.64. The molecule has 3 aromatic rings. The van der Waals surface area contributed by atoms with Crippen LogP contribution in [-0.2, 0) is 4.79 Å². The standard InChI is InChI=1S/C28H26BrN3O2/c1-28(2)17-30-24(18-7-5-4-6-8-18)23-25(31-28)27(33)32(21-13-15-22(34-3)16-14-21)26(23)19-9-11-20(29)12-10-19/h4-16,26,31H,17H2,1-3H3. The third kappa shape index (κ3) is 4.03. The highest BCUT2D eigenvalue weighted by Crippen LogP contribution is 2.44. The molecule has 1 N–H and O–H groups in total. The summed E-state index contributed by atoms with van der Waals surface area (Å²) < 4.78 is 6.33. The van der Waals surface area contributed by atoms with E-state index in [1.807, 2.05) is 59.5 Å². The molecule has 2 aliphatic rings. The first kappa shape index (κ1) is 22.4. The molecule has 2 heterocycles. The van der Waals surface area contributed by atoms with Crippen LogP contribution in [0.1, 0.15) is 31.0 Å². The van der Waals surface area contributed by atoms with Gasteiger partial charge in [-0.3, -0.25) is 14.7 Å². The van der Waals surface area contributed by atoms with Crippen molar-refractivity contribution in [2.45, 2.75) is 25.4 Å². The van der Waals surface area contributed by atoms with E-state index >= 15 is 0 Å². The van der Waals surface area contributed by atoms with Crippen LogP contribution in [0.4, 0.5) is 5.69 Å². The molecule has 6 heteroatoms. The number of carbonyl (C=O) groups excluding carboxylic acids is 1. The van der Waals surface area contributed by atoms with Gasteiger partial charge in [-0.15, -0.1) is 0 Å². The van der Waals surface area contributed by atoms with Gasteiger partial charge in [-0.25, -0.2) is 0 Å². The third-order valence-corrected chi connectivity index (χ3v) is 6.70. The van der Waals surface area contributed by atoms with Crippen LogP contribution in [0, 0.1) is 0 Å². The Morgan fingerprint density at radius 3 is 2.32 bits per heavy atom. The molecule has 34 heavy (non-hydrogen) atoms. The molecule has 0 radical (unpaired) electrons. The Bertz CT molecular complexity index is 1280. The van der Waals surface area contributed by atoms with E-state index in [0.717, 1.165) is 38.3 Å². The van der Waals surface area contributed by atoms with Crippen LogP contribution in [0.2, 0.25) is 0 Å². The molecule has 0 spiro atoms. The molecule has 5 rings (SSSR count). The maximum absolute atomic E-state index is 14.1. The molecule has 0 saturated carbocycles. The average Bonchev–Trinajstić information content (AvgIpc) is 3.02. The number of ether oxygens (including phenoxy) is 1. The lowest BCUT2D eigenvalue weighted by molar-refractivity contribution is -0.115. The quantitative estimate of drug-likeness (QED) is 0.486. The number of hydrogen-bond donors (Lipinski definition) is 1. The first-order valence-electron chi connectivity index (χ1n) is 11.2. The lowest BCUT2D eigenvalue weighted by atomic mass is 9.91. The normalized spacial score (nSPS) is 19.3. The van der Waals surface area contributed by atoms with Crippen LogP contribution < -0.4 is 15.0 Å². The second-order valence-corrected chi connectivity index (χ2v) is 10.1. The van der Waals surface area contributed by atoms with Crippen LogP contribution in [0.15, 0.2) is 99.6 Å². The van der Waals surface area contributed by atoms with Gasteiger partial charge in [0.2, 0.25) is 0 Å². The summed E-state index contributed by atoms with van der Waals surface area (Å²) in [5.74, 6) is 0.683. The molecular weight excluding hydrogens is 490 g/mol. The fourth-order valence-electron chi connectivity index (χ4n) is 4.54. The summed E-state index contributed by atoms with van der Waals surface area (Å²) in [6.07, 6.45) is 0. The fourth-order valence-corrected chi connectivity index (χ4v) is 4.80. The number of nitrogens with one attached hydrogen (secondary N) is 1. The Hall–Kier alpha value is -3.38. The summed E-state index contributed by atoms with van der Waals surface area (Å²) >= 11 is 3.54. The zero-order valence-electron chi connectivity index (χ0n) is 19.4. The van der Waals surface area contributed by atoms with Crippen LogP contribution in [0.25, 0.3) is 0 Å². The smallest absolute Gasteiger partial charge is 0.275 e. The fraction of sp³-hybridized carbons (Fsp3) is 0.214. The van der Waals surface area contributed by atoms with Gasteiger partial charge in [0, 0.05) is 21.3 Å². The van der Waals surface area contributed by atoms with Gasteiger partial charge in [-0.1, -0.05) is 58.4 Å². The van der Waals surface area contributed by atoms with Crippen molar-refractivity contribution in [2.24, 2.45) is 4.99 Å². The van der Waals surface area contributed by atoms with E-state index in [1.54, 1.807) is 7.11 Å². The molecule has 1 amide bonds. The molecule has 0 saturated heterocycles. The first-order chi connectivity index (χ1) is 16.4. The lowest BCUT2D eigenvalue weighted by Crippen LogP contribution is -2.44. The van der Waals surface area contributed by atoms with Gasteiger partial charge in [0.25, 0.3) is 5.91 Å². The molecular formula is C28H26BrN3O2. The largest absolute Gasteiger partial charge is 0.497 e. The minimum Gasteiger partial charge on any atom is -0.497 e. The van der Waals surface area contributed by atoms with Gasteiger partial charge in [-0.2, -0.15) is 0 Å². The summed E-state index contributed by atoms with van der Waals surface area (Å²) in [5, 5.41) is 3.54. The first-order valence-corrected chi connectivity index (χ1v) is 12.0. The Kier molecular flexibility index (Phi) is 5.78. The van der Waals surface area contributed by atoms with Crippen molar-refractivity contribution in [3.63, 3.8) is 0 Å². The van der Waals surface area contributed by atoms with Gasteiger partial charge >= 0.3 is 0 Å². The summed E-state index contributed by atoms with van der Waals surface area (Å²) in [4.78, 5) is 21.0. The number of amides is 1. The summed E-state index contributed by atoms with van der Waals surface area (Å²) in [5.41, 5.74) is 4.81. The minimum atomic E-state index is -0.368. The number of rotatable bonds is 4. The Morgan fingerprint density at radius 2 is 1.68 bits per heavy atom. The second-order valence-electron chi connectivity index (χ2n) is 9.16. The van der Waals surface area contributed by atoms with Crippen LogP contribution in [0.3, 0.4) is 0 Å². The molecule has 0 aliphatic carbocycles. The maximum atomic E-state index is 14.1. The molecule has 0 fully saturated rings. The average molecular weight is 516 g/mol. The van der Waals surface area contributed by atoms with Gasteiger partial charge in [-0.05, 0) is 55.8 Å². The van der Waals surface area contributed by atoms with Gasteiger partial charge in [0.05, 0.1) is 30.9 Å². The molecule has 0 bridgehead atoms. The molecule has 172 valence electrons. The van der Waals surface area contributed by atoms with Crippen LogP contribution >= 0.6 is 15.9 Å². The Morgan fingerprint density at radius 1 is 1.00 bits per heavy atom. The summed E-state index contributed by atoms with van der Waals surface area (Å²) in [6.45, 7) is 4.72.